The maximum atomic E-state index is 10.6. The summed E-state index contributed by atoms with van der Waals surface area (Å²) in [6.45, 7) is 3.30. The van der Waals surface area contributed by atoms with Crippen LogP contribution in [-0.4, -0.2) is 67.7 Å². The summed E-state index contributed by atoms with van der Waals surface area (Å²) in [6, 6.07) is 0. The van der Waals surface area contributed by atoms with Crippen LogP contribution in [0.25, 0.3) is 0 Å². The van der Waals surface area contributed by atoms with Crippen LogP contribution in [0.5, 0.6) is 0 Å². The van der Waals surface area contributed by atoms with E-state index in [1.165, 1.54) is 7.11 Å². The van der Waals surface area contributed by atoms with Crippen molar-refractivity contribution >= 4 is 60.6 Å². The molecule has 0 heterocycles. The molecule has 0 saturated carbocycles. The Bertz CT molecular complexity index is 131. The fourth-order valence-electron chi connectivity index (χ4n) is 0.336. The number of Topliss-reactive ketones (excluding diaryl/α,β-unsaturated/α-hetero) is 1. The summed E-state index contributed by atoms with van der Waals surface area (Å²) in [4.78, 5) is 21.0. The summed E-state index contributed by atoms with van der Waals surface area (Å²) in [5, 5.41) is 0. The molecule has 0 unspecified atom stereocenters. The predicted octanol–water partition coefficient (Wildman–Crippen LogP) is -0.532. The van der Waals surface area contributed by atoms with E-state index in [2.05, 4.69) is 4.74 Å². The third kappa shape index (κ3) is 4.52. The third-order valence-electron chi connectivity index (χ3n) is 0.911. The van der Waals surface area contributed by atoms with Gasteiger partial charge in [0.2, 0.25) is 5.78 Å². The van der Waals surface area contributed by atoms with E-state index < -0.39 is 11.8 Å². The van der Waals surface area contributed by atoms with Crippen molar-refractivity contribution in [2.45, 2.75) is 13.8 Å². The number of esters is 1. The van der Waals surface area contributed by atoms with Crippen molar-refractivity contribution in [2.24, 2.45) is 5.92 Å². The van der Waals surface area contributed by atoms with Crippen molar-refractivity contribution in [3.8, 4) is 0 Å². The van der Waals surface area contributed by atoms with Crippen LogP contribution in [0.1, 0.15) is 13.8 Å². The zero-order valence-corrected chi connectivity index (χ0v) is 5.80. The van der Waals surface area contributed by atoms with Gasteiger partial charge in [-0.1, -0.05) is 13.8 Å². The first-order chi connectivity index (χ1) is 4.09. The zero-order valence-electron chi connectivity index (χ0n) is 5.80. The Morgan fingerprint density at radius 2 is 1.70 bits per heavy atom. The van der Waals surface area contributed by atoms with Crippen LogP contribution in [0, 0.1) is 5.92 Å². The summed E-state index contributed by atoms with van der Waals surface area (Å²) in [6.07, 6.45) is 0. The Morgan fingerprint density at radius 3 is 1.80 bits per heavy atom. The molecule has 0 amide bonds. The molecule has 0 atom stereocenters. The minimum atomic E-state index is -0.759. The topological polar surface area (TPSA) is 43.4 Å². The Balaban J connectivity index is 0. The molecule has 0 aromatic rings. The second-order valence-electron chi connectivity index (χ2n) is 2.01. The molecule has 10 heavy (non-hydrogen) atoms. The molecule has 0 aromatic carbocycles. The van der Waals surface area contributed by atoms with E-state index in [-0.39, 0.29) is 54.8 Å². The third-order valence-corrected chi connectivity index (χ3v) is 0.911. The molecular formula is C6H12BaO3. The van der Waals surface area contributed by atoms with Gasteiger partial charge in [0.05, 0.1) is 7.11 Å². The number of carbonyl (C=O) groups excluding carboxylic acids is 2. The van der Waals surface area contributed by atoms with Gasteiger partial charge in [-0.25, -0.2) is 4.79 Å². The monoisotopic (exact) mass is 270 g/mol. The van der Waals surface area contributed by atoms with Crippen LogP contribution in [0.3, 0.4) is 0 Å². The number of rotatable bonds is 2. The SMILES string of the molecule is COC(=O)C(=O)C(C)C.[BaH2]. The second-order valence-corrected chi connectivity index (χ2v) is 2.01. The summed E-state index contributed by atoms with van der Waals surface area (Å²) in [5.74, 6) is -1.50. The summed E-state index contributed by atoms with van der Waals surface area (Å²) >= 11 is 0. The van der Waals surface area contributed by atoms with Gasteiger partial charge in [-0.15, -0.1) is 0 Å². The first-order valence-electron chi connectivity index (χ1n) is 2.71. The Labute approximate surface area is 101 Å². The molecule has 0 saturated heterocycles. The van der Waals surface area contributed by atoms with Gasteiger partial charge in [-0.2, -0.15) is 0 Å². The van der Waals surface area contributed by atoms with Gasteiger partial charge in [0.15, 0.2) is 0 Å². The van der Waals surface area contributed by atoms with Gasteiger partial charge < -0.3 is 4.74 Å². The average Bonchev–Trinajstić information content (AvgIpc) is 1.84. The molecule has 0 fully saturated rings. The molecule has 4 heteroatoms. The van der Waals surface area contributed by atoms with Crippen LogP contribution in [-0.2, 0) is 14.3 Å². The van der Waals surface area contributed by atoms with Crippen molar-refractivity contribution in [1.29, 1.82) is 0 Å². The standard InChI is InChI=1S/C6H10O3.Ba.2H/c1-4(2)5(7)6(8)9-3;;;/h4H,1-3H3;;;. The first-order valence-corrected chi connectivity index (χ1v) is 2.71. The number of methoxy groups -OCH3 is 1. The van der Waals surface area contributed by atoms with Gasteiger partial charge in [0.1, 0.15) is 0 Å². The van der Waals surface area contributed by atoms with Gasteiger partial charge >= 0.3 is 54.9 Å². The molecule has 0 rings (SSSR count). The van der Waals surface area contributed by atoms with Crippen LogP contribution >= 0.6 is 0 Å². The molecule has 0 aliphatic carbocycles. The Morgan fingerprint density at radius 1 is 1.30 bits per heavy atom. The average molecular weight is 269 g/mol. The first kappa shape index (κ1) is 13.3. The number of hydrogen-bond acceptors (Lipinski definition) is 3. The summed E-state index contributed by atoms with van der Waals surface area (Å²) in [7, 11) is 1.20. The van der Waals surface area contributed by atoms with Crippen LogP contribution in [0.4, 0.5) is 0 Å². The Hall–Kier alpha value is 0.711. The van der Waals surface area contributed by atoms with Crippen LogP contribution < -0.4 is 0 Å². The minimum absolute atomic E-state index is 0. The molecule has 0 aliphatic heterocycles. The summed E-state index contributed by atoms with van der Waals surface area (Å²) in [5.41, 5.74) is 0. The molecule has 56 valence electrons. The maximum absolute atomic E-state index is 10.6. The van der Waals surface area contributed by atoms with Crippen LogP contribution in [0.2, 0.25) is 0 Å². The molecule has 0 N–H and O–H groups in total. The van der Waals surface area contributed by atoms with Crippen molar-refractivity contribution in [1.82, 2.24) is 0 Å². The van der Waals surface area contributed by atoms with Gasteiger partial charge in [0, 0.05) is 5.92 Å². The van der Waals surface area contributed by atoms with Gasteiger partial charge in [-0.3, -0.25) is 4.79 Å². The number of ether oxygens (including phenoxy) is 1. The number of carbonyl (C=O) groups is 2. The number of ketones is 1. The molecule has 0 radical (unpaired) electrons. The zero-order chi connectivity index (χ0) is 7.44. The van der Waals surface area contributed by atoms with E-state index >= 15 is 0 Å². The molecule has 0 bridgehead atoms. The van der Waals surface area contributed by atoms with E-state index in [9.17, 15) is 9.59 Å². The second kappa shape index (κ2) is 6.42. The summed E-state index contributed by atoms with van der Waals surface area (Å²) < 4.78 is 4.18. The van der Waals surface area contributed by atoms with E-state index in [1.54, 1.807) is 13.8 Å². The molecular weight excluding hydrogens is 257 g/mol. The van der Waals surface area contributed by atoms with E-state index in [1.807, 2.05) is 0 Å². The predicted molar refractivity (Wildman–Crippen MR) is 40.4 cm³/mol. The Kier molecular flexibility index (Phi) is 8.55. The van der Waals surface area contributed by atoms with Crippen molar-refractivity contribution < 1.29 is 14.3 Å². The van der Waals surface area contributed by atoms with Gasteiger partial charge in [-0.05, 0) is 0 Å². The molecule has 0 aliphatic rings. The van der Waals surface area contributed by atoms with Gasteiger partial charge in [0.25, 0.3) is 0 Å². The fraction of sp³-hybridized carbons (Fsp3) is 0.667. The van der Waals surface area contributed by atoms with E-state index in [0.29, 0.717) is 0 Å². The van der Waals surface area contributed by atoms with Crippen molar-refractivity contribution in [3.05, 3.63) is 0 Å². The van der Waals surface area contributed by atoms with Crippen molar-refractivity contribution in [2.75, 3.05) is 7.11 Å². The van der Waals surface area contributed by atoms with E-state index in [4.69, 9.17) is 0 Å². The fourth-order valence-corrected chi connectivity index (χ4v) is 0.336. The number of hydrogen-bond donors (Lipinski definition) is 0. The molecule has 0 spiro atoms. The molecule has 0 aromatic heterocycles. The quantitative estimate of drug-likeness (QED) is 0.384. The van der Waals surface area contributed by atoms with Crippen LogP contribution in [0.15, 0.2) is 0 Å². The van der Waals surface area contributed by atoms with Crippen molar-refractivity contribution in [3.63, 3.8) is 0 Å². The molecule has 3 nitrogen and oxygen atoms in total. The van der Waals surface area contributed by atoms with E-state index in [0.717, 1.165) is 0 Å². The normalized spacial score (nSPS) is 8.40.